The van der Waals surface area contributed by atoms with Crippen LogP contribution in [0.15, 0.2) is 4.99 Å². The first-order chi connectivity index (χ1) is 8.95. The third-order valence-electron chi connectivity index (χ3n) is 2.88. The largest absolute Gasteiger partial charge is 1.00 e. The molecule has 0 aliphatic heterocycles. The van der Waals surface area contributed by atoms with Crippen LogP contribution in [0.2, 0.25) is 0 Å². The molecule has 0 aliphatic rings. The second kappa shape index (κ2) is 14.3. The second-order valence-electron chi connectivity index (χ2n) is 4.79. The fraction of sp³-hybridized carbons (Fsp3) is 0.923. The van der Waals surface area contributed by atoms with E-state index in [1.807, 2.05) is 0 Å². The molecule has 0 atom stereocenters. The monoisotopic (exact) mass is 315 g/mol. The molecule has 0 saturated heterocycles. The molecule has 0 unspecified atom stereocenters. The molecule has 0 aromatic rings. The van der Waals surface area contributed by atoms with Crippen molar-refractivity contribution in [2.24, 2.45) is 4.99 Å². The summed E-state index contributed by atoms with van der Waals surface area (Å²) in [4.78, 5) is 3.59. The Morgan fingerprint density at radius 2 is 1.55 bits per heavy atom. The first-order valence-electron chi connectivity index (χ1n) is 7.11. The molecule has 20 heavy (non-hydrogen) atoms. The molecule has 0 fully saturated rings. The van der Waals surface area contributed by atoms with E-state index < -0.39 is 15.9 Å². The first kappa shape index (κ1) is 22.7. The van der Waals surface area contributed by atoms with E-state index in [1.165, 1.54) is 32.1 Å². The molecule has 0 saturated carbocycles. The van der Waals surface area contributed by atoms with Crippen molar-refractivity contribution in [2.45, 2.75) is 64.7 Å². The molecule has 0 rings (SSSR count). The summed E-state index contributed by atoms with van der Waals surface area (Å²) in [6, 6.07) is 0. The van der Waals surface area contributed by atoms with E-state index >= 15 is 0 Å². The minimum atomic E-state index is -4.01. The Kier molecular flexibility index (Phi) is 16.2. The standard InChI is InChI=1S/C13H27NO4S.Na/c1-2-3-4-5-6-7-8-9-10-13(15)14-11-12-19(16,17)18;/h2-12H2,1H3,(H,14,15)(H,16,17,18);/q;+1/p-1. The minimum Gasteiger partial charge on any atom is -0.862 e. The zero-order valence-electron chi connectivity index (χ0n) is 12.8. The number of unbranched alkanes of at least 4 members (excludes halogenated alkanes) is 7. The maximum absolute atomic E-state index is 11.3. The number of hydrogen-bond donors (Lipinski definition) is 1. The molecule has 5 nitrogen and oxygen atoms in total. The summed E-state index contributed by atoms with van der Waals surface area (Å²) < 4.78 is 29.3. The summed E-state index contributed by atoms with van der Waals surface area (Å²) >= 11 is 0. The molecule has 7 heteroatoms. The summed E-state index contributed by atoms with van der Waals surface area (Å²) in [7, 11) is -4.01. The summed E-state index contributed by atoms with van der Waals surface area (Å²) in [5.41, 5.74) is 0. The van der Waals surface area contributed by atoms with Crippen molar-refractivity contribution < 1.29 is 47.6 Å². The van der Waals surface area contributed by atoms with Gasteiger partial charge in [0.25, 0.3) is 10.1 Å². The van der Waals surface area contributed by atoms with Crippen LogP contribution < -0.4 is 34.7 Å². The molecule has 0 aromatic carbocycles. The number of hydrogen-bond acceptors (Lipinski definition) is 4. The van der Waals surface area contributed by atoms with Gasteiger partial charge >= 0.3 is 29.6 Å². The molecule has 1 N–H and O–H groups in total. The molecule has 0 amide bonds. The molecule has 114 valence electrons. The van der Waals surface area contributed by atoms with E-state index in [9.17, 15) is 13.5 Å². The number of rotatable bonds is 12. The van der Waals surface area contributed by atoms with Gasteiger partial charge in [0, 0.05) is 0 Å². The zero-order valence-corrected chi connectivity index (χ0v) is 15.6. The average molecular weight is 315 g/mol. The van der Waals surface area contributed by atoms with Crippen molar-refractivity contribution in [3.8, 4) is 0 Å². The van der Waals surface area contributed by atoms with Crippen LogP contribution in [-0.4, -0.2) is 31.2 Å². The smallest absolute Gasteiger partial charge is 0.862 e. The molecule has 0 heterocycles. The zero-order chi connectivity index (χ0) is 14.6. The Hall–Kier alpha value is 0.380. The van der Waals surface area contributed by atoms with Gasteiger partial charge < -0.3 is 10.1 Å². The third-order valence-corrected chi connectivity index (χ3v) is 3.58. The Morgan fingerprint density at radius 3 is 2.05 bits per heavy atom. The van der Waals surface area contributed by atoms with Crippen LogP contribution >= 0.6 is 0 Å². The Bertz CT molecular complexity index is 344. The van der Waals surface area contributed by atoms with Crippen molar-refractivity contribution in [3.63, 3.8) is 0 Å². The van der Waals surface area contributed by atoms with E-state index in [4.69, 9.17) is 4.55 Å². The van der Waals surface area contributed by atoms with Gasteiger partial charge in [0.15, 0.2) is 0 Å². The van der Waals surface area contributed by atoms with Crippen LogP contribution in [0.5, 0.6) is 0 Å². The van der Waals surface area contributed by atoms with Crippen molar-refractivity contribution in [2.75, 3.05) is 12.3 Å². The maximum atomic E-state index is 11.3. The molecule has 0 aliphatic carbocycles. The predicted octanol–water partition coefficient (Wildman–Crippen LogP) is -0.832. The molecular weight excluding hydrogens is 289 g/mol. The minimum absolute atomic E-state index is 0. The van der Waals surface area contributed by atoms with Gasteiger partial charge in [0.05, 0.1) is 12.3 Å². The van der Waals surface area contributed by atoms with Gasteiger partial charge in [0.2, 0.25) is 0 Å². The average Bonchev–Trinajstić information content (AvgIpc) is 2.31. The van der Waals surface area contributed by atoms with Gasteiger partial charge in [-0.15, -0.1) is 0 Å². The Balaban J connectivity index is 0. The molecule has 0 radical (unpaired) electrons. The van der Waals surface area contributed by atoms with Crippen LogP contribution in [-0.2, 0) is 10.1 Å². The summed E-state index contributed by atoms with van der Waals surface area (Å²) in [6.45, 7) is 2.05. The first-order valence-corrected chi connectivity index (χ1v) is 8.72. The number of nitrogens with zero attached hydrogens (tertiary/aromatic N) is 1. The van der Waals surface area contributed by atoms with Crippen molar-refractivity contribution in [3.05, 3.63) is 0 Å². The second-order valence-corrected chi connectivity index (χ2v) is 6.36. The molecular formula is C13H26NNaO4S. The number of aliphatic imine (C=N–C) groups is 1. The van der Waals surface area contributed by atoms with E-state index in [0.717, 1.165) is 19.3 Å². The normalized spacial score (nSPS) is 12.2. The van der Waals surface area contributed by atoms with Crippen LogP contribution in [0.4, 0.5) is 0 Å². The van der Waals surface area contributed by atoms with Gasteiger partial charge in [-0.05, 0) is 18.7 Å². The van der Waals surface area contributed by atoms with Crippen LogP contribution in [0.3, 0.4) is 0 Å². The molecule has 0 bridgehead atoms. The summed E-state index contributed by atoms with van der Waals surface area (Å²) in [5.74, 6) is -0.745. The van der Waals surface area contributed by atoms with E-state index in [0.29, 0.717) is 6.42 Å². The quantitative estimate of drug-likeness (QED) is 0.167. The van der Waals surface area contributed by atoms with Gasteiger partial charge in [-0.3, -0.25) is 4.55 Å². The van der Waals surface area contributed by atoms with Gasteiger partial charge in [-0.25, -0.2) is 0 Å². The van der Waals surface area contributed by atoms with Gasteiger partial charge in [-0.1, -0.05) is 51.9 Å². The van der Waals surface area contributed by atoms with E-state index in [1.54, 1.807) is 0 Å². The fourth-order valence-corrected chi connectivity index (χ4v) is 2.10. The van der Waals surface area contributed by atoms with Crippen LogP contribution in [0, 0.1) is 0 Å². The van der Waals surface area contributed by atoms with Gasteiger partial charge in [-0.2, -0.15) is 8.42 Å². The maximum Gasteiger partial charge on any atom is 1.00 e. The summed E-state index contributed by atoms with van der Waals surface area (Å²) in [5, 5.41) is 11.3. The SMILES string of the molecule is CCCCCCCCCCC([O-])=NCCS(=O)(=O)O.[Na+]. The summed E-state index contributed by atoms with van der Waals surface area (Å²) in [6.07, 6.45) is 9.66. The molecule has 0 spiro atoms. The third kappa shape index (κ3) is 18.4. The molecule has 0 aromatic heterocycles. The van der Waals surface area contributed by atoms with Crippen molar-refractivity contribution >= 4 is 16.0 Å². The van der Waals surface area contributed by atoms with Crippen molar-refractivity contribution in [1.82, 2.24) is 0 Å². The van der Waals surface area contributed by atoms with Crippen LogP contribution in [0.25, 0.3) is 0 Å². The van der Waals surface area contributed by atoms with Crippen molar-refractivity contribution in [1.29, 1.82) is 0 Å². The Labute approximate surface area is 145 Å². The van der Waals surface area contributed by atoms with Crippen LogP contribution in [0.1, 0.15) is 64.7 Å². The van der Waals surface area contributed by atoms with E-state index in [2.05, 4.69) is 11.9 Å². The van der Waals surface area contributed by atoms with Gasteiger partial charge in [0.1, 0.15) is 0 Å². The predicted molar refractivity (Wildman–Crippen MR) is 75.9 cm³/mol. The Morgan fingerprint density at radius 1 is 1.05 bits per heavy atom. The topological polar surface area (TPSA) is 89.8 Å². The van der Waals surface area contributed by atoms with E-state index in [-0.39, 0.29) is 42.0 Å². The fourth-order valence-electron chi connectivity index (χ4n) is 1.77.